The molecule has 1 aliphatic carbocycles. The van der Waals surface area contributed by atoms with Crippen molar-refractivity contribution in [1.82, 2.24) is 0 Å². The third-order valence-corrected chi connectivity index (χ3v) is 3.21. The smallest absolute Gasteiger partial charge is 0.459 e. The van der Waals surface area contributed by atoms with Gasteiger partial charge in [0.15, 0.2) is 0 Å². The fourth-order valence-electron chi connectivity index (χ4n) is 2.15. The predicted octanol–water partition coefficient (Wildman–Crippen LogP) is 2.61. The van der Waals surface area contributed by atoms with Gasteiger partial charge in [-0.1, -0.05) is 6.58 Å². The van der Waals surface area contributed by atoms with Crippen LogP contribution in [-0.2, 0) is 28.6 Å². The summed E-state index contributed by atoms with van der Waals surface area (Å²) in [4.78, 5) is 33.3. The number of alkyl halides is 6. The van der Waals surface area contributed by atoms with Crippen molar-refractivity contribution in [1.29, 1.82) is 0 Å². The zero-order valence-electron chi connectivity index (χ0n) is 13.3. The van der Waals surface area contributed by atoms with Gasteiger partial charge in [-0.15, -0.1) is 0 Å². The highest BCUT2D eigenvalue weighted by molar-refractivity contribution is 5.87. The molecule has 0 spiro atoms. The first-order chi connectivity index (χ1) is 11.7. The second-order valence-electron chi connectivity index (χ2n) is 5.56. The Labute approximate surface area is 143 Å². The van der Waals surface area contributed by atoms with Crippen molar-refractivity contribution in [3.05, 3.63) is 12.2 Å². The molecule has 6 nitrogen and oxygen atoms in total. The zero-order chi connectivity index (χ0) is 20.3. The molecule has 0 amide bonds. The number of hydrogen-bond acceptors (Lipinski definition) is 6. The minimum Gasteiger partial charge on any atom is -0.459 e. The molecule has 0 aromatic carbocycles. The lowest BCUT2D eigenvalue weighted by Crippen LogP contribution is -2.43. The molecule has 1 aliphatic rings. The van der Waals surface area contributed by atoms with E-state index in [-0.39, 0.29) is 5.57 Å². The largest absolute Gasteiger partial charge is 0.490 e. The first kappa shape index (κ1) is 21.8. The van der Waals surface area contributed by atoms with Crippen molar-refractivity contribution in [2.24, 2.45) is 0 Å². The van der Waals surface area contributed by atoms with E-state index in [2.05, 4.69) is 16.1 Å². The summed E-state index contributed by atoms with van der Waals surface area (Å²) in [6, 6.07) is 0. The van der Waals surface area contributed by atoms with E-state index in [1.54, 1.807) is 0 Å². The lowest BCUT2D eigenvalue weighted by Gasteiger charge is -2.34. The molecule has 0 aromatic rings. The monoisotopic (exact) mass is 392 g/mol. The Balaban J connectivity index is 2.87. The molecule has 1 rings (SSSR count). The zero-order valence-corrected chi connectivity index (χ0v) is 13.3. The maximum atomic E-state index is 12.3. The summed E-state index contributed by atoms with van der Waals surface area (Å²) in [6.07, 6.45) is -16.4. The Kier molecular flexibility index (Phi) is 6.66. The van der Waals surface area contributed by atoms with Crippen LogP contribution in [0.3, 0.4) is 0 Å². The van der Waals surface area contributed by atoms with Crippen molar-refractivity contribution in [2.75, 3.05) is 0 Å². The van der Waals surface area contributed by atoms with Gasteiger partial charge in [0.05, 0.1) is 0 Å². The van der Waals surface area contributed by atoms with E-state index in [0.717, 1.165) is 0 Å². The van der Waals surface area contributed by atoms with Crippen molar-refractivity contribution in [2.45, 2.75) is 56.9 Å². The molecule has 1 fully saturated rings. The van der Waals surface area contributed by atoms with E-state index in [1.807, 2.05) is 0 Å². The molecule has 0 aromatic heterocycles. The van der Waals surface area contributed by atoms with Gasteiger partial charge in [0.2, 0.25) is 0 Å². The number of hydrogen-bond donors (Lipinski definition) is 0. The van der Waals surface area contributed by atoms with Crippen LogP contribution in [0.4, 0.5) is 26.3 Å². The van der Waals surface area contributed by atoms with Crippen LogP contribution in [0.2, 0.25) is 0 Å². The lowest BCUT2D eigenvalue weighted by molar-refractivity contribution is -0.217. The number of ether oxygens (including phenoxy) is 3. The van der Waals surface area contributed by atoms with Crippen molar-refractivity contribution < 1.29 is 54.9 Å². The highest BCUT2D eigenvalue weighted by Gasteiger charge is 2.46. The van der Waals surface area contributed by atoms with Crippen LogP contribution in [0, 0.1) is 0 Å². The molecular weight excluding hydrogens is 378 g/mol. The van der Waals surface area contributed by atoms with Gasteiger partial charge < -0.3 is 14.2 Å². The van der Waals surface area contributed by atoms with Crippen LogP contribution >= 0.6 is 0 Å². The van der Waals surface area contributed by atoms with Gasteiger partial charge in [0.25, 0.3) is 0 Å². The van der Waals surface area contributed by atoms with Crippen LogP contribution in [0.1, 0.15) is 26.2 Å². The highest BCUT2D eigenvalue weighted by atomic mass is 19.4. The molecule has 0 saturated heterocycles. The van der Waals surface area contributed by atoms with E-state index in [9.17, 15) is 40.7 Å². The van der Waals surface area contributed by atoms with Crippen LogP contribution in [0.5, 0.6) is 0 Å². The summed E-state index contributed by atoms with van der Waals surface area (Å²) in [5, 5.41) is 0. The molecule has 12 heteroatoms. The van der Waals surface area contributed by atoms with Gasteiger partial charge in [-0.05, 0) is 6.92 Å². The fraction of sp³-hybridized carbons (Fsp3) is 0.643. The molecule has 0 radical (unpaired) electrons. The topological polar surface area (TPSA) is 78.9 Å². The van der Waals surface area contributed by atoms with Gasteiger partial charge in [-0.25, -0.2) is 14.4 Å². The van der Waals surface area contributed by atoms with E-state index in [4.69, 9.17) is 4.74 Å². The molecule has 0 heterocycles. The first-order valence-electron chi connectivity index (χ1n) is 7.12. The van der Waals surface area contributed by atoms with Crippen LogP contribution in [-0.4, -0.2) is 48.6 Å². The third kappa shape index (κ3) is 6.56. The lowest BCUT2D eigenvalue weighted by atomic mass is 9.92. The van der Waals surface area contributed by atoms with Gasteiger partial charge in [0.1, 0.15) is 18.3 Å². The second-order valence-corrected chi connectivity index (χ2v) is 5.56. The first-order valence-corrected chi connectivity index (χ1v) is 7.12. The molecule has 148 valence electrons. The molecule has 2 unspecified atom stereocenters. The van der Waals surface area contributed by atoms with Gasteiger partial charge in [-0.2, -0.15) is 26.3 Å². The van der Waals surface area contributed by atoms with E-state index in [1.165, 1.54) is 6.92 Å². The van der Waals surface area contributed by atoms with Crippen LogP contribution in [0.15, 0.2) is 12.2 Å². The minimum atomic E-state index is -5.32. The van der Waals surface area contributed by atoms with E-state index < -0.39 is 67.8 Å². The summed E-state index contributed by atoms with van der Waals surface area (Å²) in [5.74, 6) is -6.07. The molecule has 0 N–H and O–H groups in total. The van der Waals surface area contributed by atoms with Crippen molar-refractivity contribution in [3.8, 4) is 0 Å². The molecular formula is C14H14F6O6. The van der Waals surface area contributed by atoms with Gasteiger partial charge >= 0.3 is 30.3 Å². The predicted molar refractivity (Wildman–Crippen MR) is 70.4 cm³/mol. The number of rotatable bonds is 4. The van der Waals surface area contributed by atoms with Gasteiger partial charge in [-0.3, -0.25) is 0 Å². The number of carbonyl (C=O) groups is 3. The van der Waals surface area contributed by atoms with Gasteiger partial charge in [0, 0.05) is 24.8 Å². The normalized spacial score (nSPS) is 23.7. The fourth-order valence-corrected chi connectivity index (χ4v) is 2.15. The van der Waals surface area contributed by atoms with E-state index in [0.29, 0.717) is 0 Å². The maximum absolute atomic E-state index is 12.3. The SMILES string of the molecule is C=C(C)C(=O)OC1CC(OC(=O)C(F)(F)F)CC(OC(=O)C(F)(F)F)C1. The Hall–Kier alpha value is -2.27. The van der Waals surface area contributed by atoms with Crippen LogP contribution < -0.4 is 0 Å². The van der Waals surface area contributed by atoms with Crippen LogP contribution in [0.25, 0.3) is 0 Å². The van der Waals surface area contributed by atoms with E-state index >= 15 is 0 Å². The summed E-state index contributed by atoms with van der Waals surface area (Å²) in [7, 11) is 0. The average molecular weight is 392 g/mol. The Morgan fingerprint density at radius 2 is 1.08 bits per heavy atom. The second kappa shape index (κ2) is 7.96. The molecule has 2 atom stereocenters. The summed E-state index contributed by atoms with van der Waals surface area (Å²) in [6.45, 7) is 4.55. The number of halogens is 6. The molecule has 0 bridgehead atoms. The number of carbonyl (C=O) groups excluding carboxylic acids is 3. The van der Waals surface area contributed by atoms with Crippen molar-refractivity contribution in [3.63, 3.8) is 0 Å². The minimum absolute atomic E-state index is 0.0664. The quantitative estimate of drug-likeness (QED) is 0.317. The molecule has 1 saturated carbocycles. The number of esters is 3. The Morgan fingerprint density at radius 1 is 0.769 bits per heavy atom. The molecule has 0 aliphatic heterocycles. The molecule has 26 heavy (non-hydrogen) atoms. The highest BCUT2D eigenvalue weighted by Crippen LogP contribution is 2.30. The average Bonchev–Trinajstić information content (AvgIpc) is 2.44. The summed E-state index contributed by atoms with van der Waals surface area (Å²) in [5.41, 5.74) is -0.0664. The Bertz CT molecular complexity index is 545. The Morgan fingerprint density at radius 3 is 1.35 bits per heavy atom. The summed E-state index contributed by atoms with van der Waals surface area (Å²) >= 11 is 0. The maximum Gasteiger partial charge on any atom is 0.490 e. The standard InChI is InChI=1S/C14H14F6O6/c1-6(2)10(21)24-7-3-8(25-11(22)13(15,16)17)5-9(4-7)26-12(23)14(18,19)20/h7-9H,1,3-5H2,2H3. The summed E-state index contributed by atoms with van der Waals surface area (Å²) < 4.78 is 86.9. The van der Waals surface area contributed by atoms with Crippen molar-refractivity contribution >= 4 is 17.9 Å². The third-order valence-electron chi connectivity index (χ3n) is 3.21.